The van der Waals surface area contributed by atoms with Gasteiger partial charge < -0.3 is 19.5 Å². The van der Waals surface area contributed by atoms with Crippen molar-refractivity contribution in [2.75, 3.05) is 13.7 Å². The van der Waals surface area contributed by atoms with Crippen LogP contribution in [-0.2, 0) is 9.53 Å². The van der Waals surface area contributed by atoms with Gasteiger partial charge in [0, 0.05) is 29.8 Å². The maximum absolute atomic E-state index is 11.9. The summed E-state index contributed by atoms with van der Waals surface area (Å²) in [4.78, 5) is 18.6. The minimum absolute atomic E-state index is 0.0953. The van der Waals surface area contributed by atoms with E-state index in [1.807, 2.05) is 18.2 Å². The Hall–Kier alpha value is -3.19. The molecule has 0 spiro atoms. The summed E-state index contributed by atoms with van der Waals surface area (Å²) in [5.74, 6) is -0.251. The minimum Gasteiger partial charge on any atom is -0.469 e. The van der Waals surface area contributed by atoms with Crippen molar-refractivity contribution in [3.8, 4) is 5.69 Å². The molecule has 0 saturated carbocycles. The Kier molecular flexibility index (Phi) is 6.51. The van der Waals surface area contributed by atoms with E-state index in [4.69, 9.17) is 17.0 Å². The second kappa shape index (κ2) is 9.35. The van der Waals surface area contributed by atoms with E-state index in [9.17, 15) is 4.79 Å². The fraction of sp³-hybridized carbons (Fsp3) is 0.346. The topological polar surface area (TPSA) is 59.4 Å². The van der Waals surface area contributed by atoms with Crippen molar-refractivity contribution in [1.29, 1.82) is 0 Å². The van der Waals surface area contributed by atoms with Crippen LogP contribution in [0.2, 0.25) is 0 Å². The summed E-state index contributed by atoms with van der Waals surface area (Å²) in [6.07, 6.45) is 2.06. The SMILES string of the molecule is COC(=O)CCN1C(=S)N[C@@H](c2ccccn2)[C@H]1c1cc(C)n(-c2cccc(C)c2C)c1C. The molecular weight excluding hydrogens is 432 g/mol. The van der Waals surface area contributed by atoms with Gasteiger partial charge >= 0.3 is 5.97 Å². The van der Waals surface area contributed by atoms with Crippen molar-refractivity contribution in [3.05, 3.63) is 82.4 Å². The number of aromatic nitrogens is 2. The number of rotatable bonds is 6. The largest absolute Gasteiger partial charge is 0.469 e. The number of nitrogens with zero attached hydrogens (tertiary/aromatic N) is 3. The van der Waals surface area contributed by atoms with Crippen LogP contribution in [0.5, 0.6) is 0 Å². The molecule has 1 aliphatic rings. The van der Waals surface area contributed by atoms with Crippen molar-refractivity contribution in [2.24, 2.45) is 0 Å². The predicted molar refractivity (Wildman–Crippen MR) is 134 cm³/mol. The summed E-state index contributed by atoms with van der Waals surface area (Å²) in [5, 5.41) is 4.08. The Labute approximate surface area is 200 Å². The molecule has 0 radical (unpaired) electrons. The molecule has 3 heterocycles. The maximum atomic E-state index is 11.9. The van der Waals surface area contributed by atoms with E-state index in [-0.39, 0.29) is 24.5 Å². The predicted octanol–water partition coefficient (Wildman–Crippen LogP) is 4.64. The van der Waals surface area contributed by atoms with Crippen LogP contribution in [0.25, 0.3) is 5.69 Å². The molecule has 0 aliphatic carbocycles. The molecule has 1 N–H and O–H groups in total. The lowest BCUT2D eigenvalue weighted by Crippen LogP contribution is -2.32. The lowest BCUT2D eigenvalue weighted by Gasteiger charge is -2.28. The monoisotopic (exact) mass is 462 g/mol. The van der Waals surface area contributed by atoms with Crippen LogP contribution in [0, 0.1) is 27.7 Å². The number of benzene rings is 1. The minimum atomic E-state index is -0.251. The first-order valence-electron chi connectivity index (χ1n) is 11.1. The molecule has 1 aliphatic heterocycles. The van der Waals surface area contributed by atoms with E-state index in [1.165, 1.54) is 29.5 Å². The zero-order valence-electron chi connectivity index (χ0n) is 19.8. The molecule has 2 aromatic heterocycles. The van der Waals surface area contributed by atoms with Crippen LogP contribution in [0.4, 0.5) is 0 Å². The number of pyridine rings is 1. The number of hydrogen-bond acceptors (Lipinski definition) is 4. The fourth-order valence-electron chi connectivity index (χ4n) is 4.73. The fourth-order valence-corrected chi connectivity index (χ4v) is 5.07. The summed E-state index contributed by atoms with van der Waals surface area (Å²) >= 11 is 5.73. The molecule has 0 bridgehead atoms. The number of carbonyl (C=O) groups is 1. The quantitative estimate of drug-likeness (QED) is 0.425. The van der Waals surface area contributed by atoms with Crippen LogP contribution in [-0.4, -0.2) is 39.2 Å². The Bertz CT molecular complexity index is 1190. The van der Waals surface area contributed by atoms with Crippen molar-refractivity contribution in [3.63, 3.8) is 0 Å². The lowest BCUT2D eigenvalue weighted by molar-refractivity contribution is -0.140. The number of aryl methyl sites for hydroxylation is 2. The van der Waals surface area contributed by atoms with Gasteiger partial charge in [-0.15, -0.1) is 0 Å². The number of ether oxygens (including phenoxy) is 1. The number of nitrogens with one attached hydrogen (secondary N) is 1. The smallest absolute Gasteiger partial charge is 0.307 e. The van der Waals surface area contributed by atoms with Crippen molar-refractivity contribution in [2.45, 2.75) is 46.2 Å². The lowest BCUT2D eigenvalue weighted by atomic mass is 9.96. The van der Waals surface area contributed by atoms with Crippen LogP contribution in [0.15, 0.2) is 48.7 Å². The number of carbonyl (C=O) groups excluding carboxylic acids is 1. The molecule has 4 rings (SSSR count). The first-order valence-corrected chi connectivity index (χ1v) is 11.5. The van der Waals surface area contributed by atoms with E-state index in [0.29, 0.717) is 11.7 Å². The molecule has 0 amide bonds. The Morgan fingerprint density at radius 2 is 1.94 bits per heavy atom. The van der Waals surface area contributed by atoms with Gasteiger partial charge in [-0.1, -0.05) is 18.2 Å². The maximum Gasteiger partial charge on any atom is 0.307 e. The average Bonchev–Trinajstić information content (AvgIpc) is 3.29. The van der Waals surface area contributed by atoms with E-state index < -0.39 is 0 Å². The Morgan fingerprint density at radius 3 is 2.64 bits per heavy atom. The van der Waals surface area contributed by atoms with Gasteiger partial charge in [-0.05, 0) is 80.9 Å². The van der Waals surface area contributed by atoms with Crippen LogP contribution in [0.1, 0.15) is 52.3 Å². The summed E-state index contributed by atoms with van der Waals surface area (Å²) in [5.41, 5.74) is 8.10. The zero-order valence-corrected chi connectivity index (χ0v) is 20.6. The van der Waals surface area contributed by atoms with Gasteiger partial charge in [0.15, 0.2) is 5.11 Å². The standard InChI is InChI=1S/C26H30N4O2S/c1-16-9-8-11-22(18(16)3)30-17(2)15-20(19(30)4)25-24(21-10-6-7-13-27-21)28-26(33)29(25)14-12-23(31)32-5/h6-11,13,15,24-25H,12,14H2,1-5H3,(H,28,33)/t24-,25+/m0/s1. The first-order chi connectivity index (χ1) is 15.8. The highest BCUT2D eigenvalue weighted by atomic mass is 32.1. The van der Waals surface area contributed by atoms with Gasteiger partial charge in [-0.3, -0.25) is 9.78 Å². The molecule has 7 heteroatoms. The number of methoxy groups -OCH3 is 1. The molecule has 3 aromatic rings. The van der Waals surface area contributed by atoms with Gasteiger partial charge in [0.2, 0.25) is 0 Å². The summed E-state index contributed by atoms with van der Waals surface area (Å²) in [6, 6.07) is 14.3. The number of hydrogen-bond donors (Lipinski definition) is 1. The van der Waals surface area contributed by atoms with Crippen LogP contribution >= 0.6 is 12.2 Å². The third-order valence-electron chi connectivity index (χ3n) is 6.59. The second-order valence-corrected chi connectivity index (χ2v) is 8.91. The number of thiocarbonyl (C=S) groups is 1. The third kappa shape index (κ3) is 4.25. The molecular formula is C26H30N4O2S. The highest BCUT2D eigenvalue weighted by Gasteiger charge is 2.41. The van der Waals surface area contributed by atoms with Gasteiger partial charge in [0.05, 0.1) is 31.3 Å². The van der Waals surface area contributed by atoms with E-state index >= 15 is 0 Å². The van der Waals surface area contributed by atoms with Gasteiger partial charge in [0.1, 0.15) is 0 Å². The van der Waals surface area contributed by atoms with Crippen molar-refractivity contribution >= 4 is 23.3 Å². The summed E-state index contributed by atoms with van der Waals surface area (Å²) in [6.45, 7) is 9.06. The summed E-state index contributed by atoms with van der Waals surface area (Å²) in [7, 11) is 1.41. The van der Waals surface area contributed by atoms with E-state index in [0.717, 1.165) is 17.1 Å². The molecule has 1 aromatic carbocycles. The van der Waals surface area contributed by atoms with Crippen molar-refractivity contribution < 1.29 is 9.53 Å². The van der Waals surface area contributed by atoms with E-state index in [2.05, 4.69) is 71.7 Å². The molecule has 0 unspecified atom stereocenters. The molecule has 1 saturated heterocycles. The molecule has 6 nitrogen and oxygen atoms in total. The van der Waals surface area contributed by atoms with E-state index in [1.54, 1.807) is 6.20 Å². The normalized spacial score (nSPS) is 17.8. The average molecular weight is 463 g/mol. The van der Waals surface area contributed by atoms with Crippen molar-refractivity contribution in [1.82, 2.24) is 19.8 Å². The zero-order chi connectivity index (χ0) is 23.7. The van der Waals surface area contributed by atoms with Gasteiger partial charge in [-0.25, -0.2) is 0 Å². The van der Waals surface area contributed by atoms with Gasteiger partial charge in [0.25, 0.3) is 0 Å². The molecule has 2 atom stereocenters. The Morgan fingerprint density at radius 1 is 1.15 bits per heavy atom. The first kappa shape index (κ1) is 23.0. The third-order valence-corrected chi connectivity index (χ3v) is 6.94. The summed E-state index contributed by atoms with van der Waals surface area (Å²) < 4.78 is 7.19. The van der Waals surface area contributed by atoms with Crippen LogP contribution < -0.4 is 5.32 Å². The molecule has 33 heavy (non-hydrogen) atoms. The Balaban J connectivity index is 1.82. The molecule has 1 fully saturated rings. The highest BCUT2D eigenvalue weighted by molar-refractivity contribution is 7.80. The highest BCUT2D eigenvalue weighted by Crippen LogP contribution is 2.41. The molecule has 172 valence electrons. The second-order valence-electron chi connectivity index (χ2n) is 8.53. The number of esters is 1. The van der Waals surface area contributed by atoms with Gasteiger partial charge in [-0.2, -0.15) is 0 Å². The van der Waals surface area contributed by atoms with Crippen LogP contribution in [0.3, 0.4) is 0 Å².